The van der Waals surface area contributed by atoms with Crippen LogP contribution in [-0.2, 0) is 11.3 Å². The van der Waals surface area contributed by atoms with Crippen LogP contribution in [0, 0.1) is 0 Å². The maximum atomic E-state index is 5.87. The number of methoxy groups -OCH3 is 1. The monoisotopic (exact) mass is 281 g/mol. The Hall–Kier alpha value is -2.66. The Balaban J connectivity index is 1.98. The van der Waals surface area contributed by atoms with Gasteiger partial charge in [0.1, 0.15) is 18.2 Å². The molecular formula is C16H15N3O2. The van der Waals surface area contributed by atoms with Gasteiger partial charge in [-0.3, -0.25) is 0 Å². The molecule has 1 aromatic heterocycles. The van der Waals surface area contributed by atoms with E-state index in [1.165, 1.54) is 0 Å². The molecule has 21 heavy (non-hydrogen) atoms. The third kappa shape index (κ3) is 2.93. The van der Waals surface area contributed by atoms with Crippen molar-refractivity contribution in [3.8, 4) is 11.6 Å². The van der Waals surface area contributed by atoms with E-state index in [1.54, 1.807) is 13.2 Å². The number of nitrogens with zero attached hydrogens (tertiary/aromatic N) is 2. The van der Waals surface area contributed by atoms with Crippen LogP contribution in [0.5, 0.6) is 11.6 Å². The van der Waals surface area contributed by atoms with Gasteiger partial charge in [0.15, 0.2) is 5.82 Å². The number of ether oxygens (including phenoxy) is 2. The van der Waals surface area contributed by atoms with Crippen molar-refractivity contribution in [1.82, 2.24) is 9.97 Å². The fourth-order valence-corrected chi connectivity index (χ4v) is 2.14. The quantitative estimate of drug-likeness (QED) is 0.795. The fourth-order valence-electron chi connectivity index (χ4n) is 2.14. The van der Waals surface area contributed by atoms with Crippen LogP contribution >= 0.6 is 0 Å². The van der Waals surface area contributed by atoms with Crippen molar-refractivity contribution in [2.75, 3.05) is 12.8 Å². The zero-order valence-corrected chi connectivity index (χ0v) is 11.6. The maximum absolute atomic E-state index is 5.87. The minimum absolute atomic E-state index is 0.289. The second-order valence-corrected chi connectivity index (χ2v) is 4.56. The Morgan fingerprint density at radius 2 is 1.86 bits per heavy atom. The molecule has 0 amide bonds. The maximum Gasteiger partial charge on any atom is 0.224 e. The van der Waals surface area contributed by atoms with E-state index in [9.17, 15) is 0 Å². The smallest absolute Gasteiger partial charge is 0.224 e. The molecule has 3 rings (SSSR count). The van der Waals surface area contributed by atoms with Gasteiger partial charge in [-0.2, -0.15) is 4.98 Å². The standard InChI is InChI=1S/C16H15N3O2/c1-20-10-15-18-14(17)9-16(19-15)21-13-8-4-6-11-5-2-3-7-12(11)13/h2-9H,10H2,1H3,(H2,17,18,19). The lowest BCUT2D eigenvalue weighted by molar-refractivity contribution is 0.177. The molecule has 0 spiro atoms. The summed E-state index contributed by atoms with van der Waals surface area (Å²) in [5.74, 6) is 1.99. The van der Waals surface area contributed by atoms with E-state index in [2.05, 4.69) is 9.97 Å². The summed E-state index contributed by atoms with van der Waals surface area (Å²) in [6.45, 7) is 0.289. The molecule has 0 aliphatic rings. The molecule has 2 aromatic carbocycles. The van der Waals surface area contributed by atoms with Gasteiger partial charge in [-0.15, -0.1) is 0 Å². The molecule has 0 aliphatic heterocycles. The number of rotatable bonds is 4. The van der Waals surface area contributed by atoms with Gasteiger partial charge >= 0.3 is 0 Å². The summed E-state index contributed by atoms with van der Waals surface area (Å²) < 4.78 is 10.9. The molecule has 0 bridgehead atoms. The van der Waals surface area contributed by atoms with E-state index >= 15 is 0 Å². The molecule has 2 N–H and O–H groups in total. The highest BCUT2D eigenvalue weighted by Crippen LogP contribution is 2.29. The summed E-state index contributed by atoms with van der Waals surface area (Å²) in [4.78, 5) is 8.38. The first-order valence-corrected chi connectivity index (χ1v) is 6.54. The number of fused-ring (bicyclic) bond motifs is 1. The van der Waals surface area contributed by atoms with Crippen molar-refractivity contribution in [1.29, 1.82) is 0 Å². The summed E-state index contributed by atoms with van der Waals surface area (Å²) in [5.41, 5.74) is 5.77. The molecular weight excluding hydrogens is 266 g/mol. The minimum atomic E-state index is 0.289. The first kappa shape index (κ1) is 13.3. The number of benzene rings is 2. The van der Waals surface area contributed by atoms with Crippen molar-refractivity contribution in [3.63, 3.8) is 0 Å². The number of hydrogen-bond acceptors (Lipinski definition) is 5. The minimum Gasteiger partial charge on any atom is -0.438 e. The van der Waals surface area contributed by atoms with E-state index in [0.717, 1.165) is 16.5 Å². The molecule has 5 nitrogen and oxygen atoms in total. The van der Waals surface area contributed by atoms with Gasteiger partial charge in [0, 0.05) is 18.6 Å². The SMILES string of the molecule is COCc1nc(N)cc(Oc2cccc3ccccc23)n1. The number of hydrogen-bond donors (Lipinski definition) is 1. The van der Waals surface area contributed by atoms with Crippen LogP contribution in [0.15, 0.2) is 48.5 Å². The Kier molecular flexibility index (Phi) is 3.66. The van der Waals surface area contributed by atoms with Gasteiger partial charge in [-0.05, 0) is 11.5 Å². The van der Waals surface area contributed by atoms with Crippen LogP contribution in [0.2, 0.25) is 0 Å². The number of aromatic nitrogens is 2. The average Bonchev–Trinajstić information content (AvgIpc) is 2.47. The van der Waals surface area contributed by atoms with Crippen molar-refractivity contribution in [2.45, 2.75) is 6.61 Å². The molecule has 0 saturated heterocycles. The molecule has 3 aromatic rings. The van der Waals surface area contributed by atoms with Gasteiger partial charge in [0.2, 0.25) is 5.88 Å². The molecule has 1 heterocycles. The number of nitrogens with two attached hydrogens (primary N) is 1. The molecule has 0 unspecified atom stereocenters. The van der Waals surface area contributed by atoms with Crippen LogP contribution in [0.25, 0.3) is 10.8 Å². The second-order valence-electron chi connectivity index (χ2n) is 4.56. The molecule has 0 fully saturated rings. The Morgan fingerprint density at radius 1 is 1.05 bits per heavy atom. The third-order valence-corrected chi connectivity index (χ3v) is 3.01. The lowest BCUT2D eigenvalue weighted by Gasteiger charge is -2.09. The molecule has 0 radical (unpaired) electrons. The summed E-state index contributed by atoms with van der Waals surface area (Å²) in [7, 11) is 1.58. The van der Waals surface area contributed by atoms with Crippen molar-refractivity contribution < 1.29 is 9.47 Å². The van der Waals surface area contributed by atoms with Gasteiger partial charge in [-0.25, -0.2) is 4.98 Å². The van der Waals surface area contributed by atoms with Crippen LogP contribution in [-0.4, -0.2) is 17.1 Å². The van der Waals surface area contributed by atoms with E-state index < -0.39 is 0 Å². The Labute approximate surface area is 122 Å². The molecule has 106 valence electrons. The first-order chi connectivity index (χ1) is 10.3. The van der Waals surface area contributed by atoms with E-state index in [-0.39, 0.29) is 6.61 Å². The summed E-state index contributed by atoms with van der Waals surface area (Å²) in [6, 6.07) is 15.5. The predicted molar refractivity (Wildman–Crippen MR) is 81.2 cm³/mol. The molecule has 5 heteroatoms. The highest BCUT2D eigenvalue weighted by Gasteiger charge is 2.07. The van der Waals surface area contributed by atoms with Crippen LogP contribution in [0.4, 0.5) is 5.82 Å². The van der Waals surface area contributed by atoms with E-state index in [0.29, 0.717) is 17.5 Å². The largest absolute Gasteiger partial charge is 0.438 e. The first-order valence-electron chi connectivity index (χ1n) is 6.54. The van der Waals surface area contributed by atoms with Crippen LogP contribution in [0.1, 0.15) is 5.82 Å². The Morgan fingerprint density at radius 3 is 2.71 bits per heavy atom. The van der Waals surface area contributed by atoms with Gasteiger partial charge < -0.3 is 15.2 Å². The average molecular weight is 281 g/mol. The topological polar surface area (TPSA) is 70.3 Å². The van der Waals surface area contributed by atoms with Crippen molar-refractivity contribution in [3.05, 3.63) is 54.4 Å². The zero-order valence-electron chi connectivity index (χ0n) is 11.6. The fraction of sp³-hybridized carbons (Fsp3) is 0.125. The highest BCUT2D eigenvalue weighted by atomic mass is 16.5. The zero-order chi connectivity index (χ0) is 14.7. The van der Waals surface area contributed by atoms with E-state index in [4.69, 9.17) is 15.2 Å². The lowest BCUT2D eigenvalue weighted by Crippen LogP contribution is -2.02. The lowest BCUT2D eigenvalue weighted by atomic mass is 10.1. The van der Waals surface area contributed by atoms with Crippen molar-refractivity contribution in [2.24, 2.45) is 0 Å². The van der Waals surface area contributed by atoms with Crippen LogP contribution in [0.3, 0.4) is 0 Å². The highest BCUT2D eigenvalue weighted by molar-refractivity contribution is 5.88. The summed E-state index contributed by atoms with van der Waals surface area (Å²) >= 11 is 0. The molecule has 0 atom stereocenters. The van der Waals surface area contributed by atoms with E-state index in [1.807, 2.05) is 42.5 Å². The second kappa shape index (κ2) is 5.76. The van der Waals surface area contributed by atoms with Gasteiger partial charge in [0.25, 0.3) is 0 Å². The predicted octanol–water partition coefficient (Wildman–Crippen LogP) is 3.15. The Bertz CT molecular complexity index is 769. The number of nitrogen functional groups attached to an aromatic ring is 1. The summed E-state index contributed by atoms with van der Waals surface area (Å²) in [6.07, 6.45) is 0. The van der Waals surface area contributed by atoms with Gasteiger partial charge in [-0.1, -0.05) is 36.4 Å². The third-order valence-electron chi connectivity index (χ3n) is 3.01. The molecule has 0 aliphatic carbocycles. The van der Waals surface area contributed by atoms with Crippen molar-refractivity contribution >= 4 is 16.6 Å². The number of anilines is 1. The molecule has 0 saturated carbocycles. The van der Waals surface area contributed by atoms with Gasteiger partial charge in [0.05, 0.1) is 0 Å². The van der Waals surface area contributed by atoms with Crippen LogP contribution < -0.4 is 10.5 Å². The normalized spacial score (nSPS) is 10.7. The summed E-state index contributed by atoms with van der Waals surface area (Å²) in [5, 5.41) is 2.12.